The van der Waals surface area contributed by atoms with Gasteiger partial charge in [-0.15, -0.1) is 0 Å². The average molecular weight is 407 g/mol. The number of hydrogen-bond donors (Lipinski definition) is 2. The number of benzene rings is 2. The Kier molecular flexibility index (Phi) is 5.91. The molecule has 0 aromatic heterocycles. The highest BCUT2D eigenvalue weighted by Gasteiger charge is 2.51. The molecule has 1 atom stereocenters. The van der Waals surface area contributed by atoms with Crippen LogP contribution in [0.1, 0.15) is 67.8 Å². The molecule has 1 aliphatic carbocycles. The Balaban J connectivity index is 1.54. The highest BCUT2D eigenvalue weighted by atomic mass is 16.4. The third-order valence-corrected chi connectivity index (χ3v) is 6.55. The van der Waals surface area contributed by atoms with Crippen LogP contribution in [0.4, 0.5) is 0 Å². The van der Waals surface area contributed by atoms with Gasteiger partial charge in [-0.05, 0) is 42.0 Å². The van der Waals surface area contributed by atoms with Gasteiger partial charge in [0.1, 0.15) is 0 Å². The van der Waals surface area contributed by atoms with Gasteiger partial charge in [0.2, 0.25) is 5.91 Å². The molecule has 5 nitrogen and oxygen atoms in total. The number of carbonyl (C=O) groups excluding carboxylic acids is 1. The SMILES string of the molecule is CCCCC1NC2(CCCC2)C(=O)N1Cc1ccc(-c2ccccc2C(=O)O)cc1. The first-order chi connectivity index (χ1) is 14.5. The summed E-state index contributed by atoms with van der Waals surface area (Å²) in [5, 5.41) is 13.1. The van der Waals surface area contributed by atoms with E-state index >= 15 is 0 Å². The lowest BCUT2D eigenvalue weighted by molar-refractivity contribution is -0.133. The maximum atomic E-state index is 13.3. The summed E-state index contributed by atoms with van der Waals surface area (Å²) in [5.41, 5.74) is 2.60. The fraction of sp³-hybridized carbons (Fsp3) is 0.440. The smallest absolute Gasteiger partial charge is 0.336 e. The van der Waals surface area contributed by atoms with Crippen LogP contribution in [-0.4, -0.2) is 33.6 Å². The Hall–Kier alpha value is -2.66. The molecular formula is C25H30N2O3. The minimum Gasteiger partial charge on any atom is -0.478 e. The molecule has 1 unspecified atom stereocenters. The number of hydrogen-bond acceptors (Lipinski definition) is 3. The van der Waals surface area contributed by atoms with E-state index in [4.69, 9.17) is 0 Å². The van der Waals surface area contributed by atoms with Crippen LogP contribution in [0.15, 0.2) is 48.5 Å². The van der Waals surface area contributed by atoms with Crippen LogP contribution in [-0.2, 0) is 11.3 Å². The summed E-state index contributed by atoms with van der Waals surface area (Å²) in [6.45, 7) is 2.77. The number of rotatable bonds is 7. The maximum absolute atomic E-state index is 13.3. The second-order valence-electron chi connectivity index (χ2n) is 8.57. The van der Waals surface area contributed by atoms with Gasteiger partial charge >= 0.3 is 5.97 Å². The molecule has 5 heteroatoms. The Labute approximate surface area is 178 Å². The molecule has 4 rings (SSSR count). The second-order valence-corrected chi connectivity index (χ2v) is 8.57. The third-order valence-electron chi connectivity index (χ3n) is 6.55. The third kappa shape index (κ3) is 3.86. The van der Waals surface area contributed by atoms with Crippen molar-refractivity contribution in [1.29, 1.82) is 0 Å². The van der Waals surface area contributed by atoms with Gasteiger partial charge in [-0.3, -0.25) is 10.1 Å². The molecule has 2 aromatic rings. The van der Waals surface area contributed by atoms with E-state index in [1.165, 1.54) is 0 Å². The molecule has 2 N–H and O–H groups in total. The van der Waals surface area contributed by atoms with Crippen molar-refractivity contribution in [3.8, 4) is 11.1 Å². The van der Waals surface area contributed by atoms with E-state index in [9.17, 15) is 14.7 Å². The van der Waals surface area contributed by atoms with Crippen molar-refractivity contribution < 1.29 is 14.7 Å². The molecule has 1 saturated heterocycles. The molecule has 0 radical (unpaired) electrons. The maximum Gasteiger partial charge on any atom is 0.336 e. The van der Waals surface area contributed by atoms with Gasteiger partial charge in [0.15, 0.2) is 0 Å². The first kappa shape index (κ1) is 20.6. The van der Waals surface area contributed by atoms with Gasteiger partial charge in [-0.25, -0.2) is 4.79 Å². The number of carboxylic acids is 1. The van der Waals surface area contributed by atoms with E-state index in [-0.39, 0.29) is 17.6 Å². The van der Waals surface area contributed by atoms with E-state index < -0.39 is 5.97 Å². The highest BCUT2D eigenvalue weighted by molar-refractivity contribution is 5.96. The first-order valence-electron chi connectivity index (χ1n) is 11.0. The van der Waals surface area contributed by atoms with Crippen molar-refractivity contribution in [2.75, 3.05) is 0 Å². The summed E-state index contributed by atoms with van der Waals surface area (Å²) in [6, 6.07) is 15.0. The number of carbonyl (C=O) groups is 2. The topological polar surface area (TPSA) is 69.6 Å². The molecule has 1 heterocycles. The molecule has 1 spiro atoms. The number of carboxylic acid groups (broad SMARTS) is 1. The van der Waals surface area contributed by atoms with Crippen molar-refractivity contribution in [3.63, 3.8) is 0 Å². The van der Waals surface area contributed by atoms with Crippen LogP contribution < -0.4 is 5.32 Å². The molecule has 1 aliphatic heterocycles. The van der Waals surface area contributed by atoms with Crippen molar-refractivity contribution in [2.45, 2.75) is 70.1 Å². The van der Waals surface area contributed by atoms with E-state index in [1.807, 2.05) is 41.3 Å². The molecule has 1 saturated carbocycles. The predicted molar refractivity (Wildman–Crippen MR) is 117 cm³/mol. The minimum absolute atomic E-state index is 0.1000. The van der Waals surface area contributed by atoms with Gasteiger partial charge in [0.25, 0.3) is 0 Å². The van der Waals surface area contributed by atoms with Gasteiger partial charge < -0.3 is 10.0 Å². The first-order valence-corrected chi connectivity index (χ1v) is 11.0. The van der Waals surface area contributed by atoms with Crippen LogP contribution >= 0.6 is 0 Å². The van der Waals surface area contributed by atoms with Crippen molar-refractivity contribution in [3.05, 3.63) is 59.7 Å². The Bertz CT molecular complexity index is 916. The zero-order chi connectivity index (χ0) is 21.1. The Morgan fingerprint density at radius 1 is 1.13 bits per heavy atom. The van der Waals surface area contributed by atoms with Gasteiger partial charge in [0.05, 0.1) is 17.3 Å². The van der Waals surface area contributed by atoms with Gasteiger partial charge in [-0.1, -0.05) is 75.1 Å². The summed E-state index contributed by atoms with van der Waals surface area (Å²) >= 11 is 0. The van der Waals surface area contributed by atoms with E-state index in [2.05, 4.69) is 12.2 Å². The zero-order valence-electron chi connectivity index (χ0n) is 17.6. The largest absolute Gasteiger partial charge is 0.478 e. The molecule has 30 heavy (non-hydrogen) atoms. The summed E-state index contributed by atoms with van der Waals surface area (Å²) in [5.74, 6) is -0.676. The minimum atomic E-state index is -0.927. The van der Waals surface area contributed by atoms with Gasteiger partial charge in [0, 0.05) is 6.54 Å². The molecule has 158 valence electrons. The lowest BCUT2D eigenvalue weighted by atomic mass is 9.97. The normalized spacial score (nSPS) is 20.2. The van der Waals surface area contributed by atoms with Crippen LogP contribution in [0.25, 0.3) is 11.1 Å². The average Bonchev–Trinajstić information content (AvgIpc) is 3.33. The molecular weight excluding hydrogens is 376 g/mol. The molecule has 0 bridgehead atoms. The van der Waals surface area contributed by atoms with Crippen LogP contribution in [0.3, 0.4) is 0 Å². The Morgan fingerprint density at radius 3 is 2.50 bits per heavy atom. The summed E-state index contributed by atoms with van der Waals surface area (Å²) < 4.78 is 0. The summed E-state index contributed by atoms with van der Waals surface area (Å²) in [6.07, 6.45) is 7.41. The van der Waals surface area contributed by atoms with Crippen LogP contribution in [0.5, 0.6) is 0 Å². The quantitative estimate of drug-likeness (QED) is 0.692. The van der Waals surface area contributed by atoms with Crippen LogP contribution in [0, 0.1) is 0 Å². The number of unbranched alkanes of at least 4 members (excludes halogenated alkanes) is 1. The molecule has 2 aliphatic rings. The summed E-state index contributed by atoms with van der Waals surface area (Å²) in [7, 11) is 0. The number of nitrogens with one attached hydrogen (secondary N) is 1. The van der Waals surface area contributed by atoms with Gasteiger partial charge in [-0.2, -0.15) is 0 Å². The van der Waals surface area contributed by atoms with Crippen LogP contribution in [0.2, 0.25) is 0 Å². The van der Waals surface area contributed by atoms with Crippen molar-refractivity contribution in [1.82, 2.24) is 10.2 Å². The number of nitrogens with zero attached hydrogens (tertiary/aromatic N) is 1. The standard InChI is InChI=1S/C25H30N2O3/c1-2-3-10-22-26-25(15-6-7-16-25)24(30)27(22)17-18-11-13-19(14-12-18)20-8-4-5-9-21(20)23(28)29/h4-5,8-9,11-14,22,26H,2-3,6-7,10,15-17H2,1H3,(H,28,29). The highest BCUT2D eigenvalue weighted by Crippen LogP contribution is 2.38. The molecule has 1 amide bonds. The summed E-state index contributed by atoms with van der Waals surface area (Å²) in [4.78, 5) is 26.9. The fourth-order valence-corrected chi connectivity index (χ4v) is 4.93. The lowest BCUT2D eigenvalue weighted by Crippen LogP contribution is -2.44. The van der Waals surface area contributed by atoms with E-state index in [0.29, 0.717) is 17.7 Å². The van der Waals surface area contributed by atoms with E-state index in [0.717, 1.165) is 56.1 Å². The molecule has 2 aromatic carbocycles. The monoisotopic (exact) mass is 406 g/mol. The van der Waals surface area contributed by atoms with Crippen molar-refractivity contribution in [2.24, 2.45) is 0 Å². The number of amides is 1. The Morgan fingerprint density at radius 2 is 1.83 bits per heavy atom. The number of aromatic carboxylic acids is 1. The predicted octanol–water partition coefficient (Wildman–Crippen LogP) is 4.81. The lowest BCUT2D eigenvalue weighted by Gasteiger charge is -2.24. The second kappa shape index (κ2) is 8.60. The van der Waals surface area contributed by atoms with Crippen molar-refractivity contribution >= 4 is 11.9 Å². The fourth-order valence-electron chi connectivity index (χ4n) is 4.93. The van der Waals surface area contributed by atoms with E-state index in [1.54, 1.807) is 12.1 Å². The molecule has 2 fully saturated rings. The zero-order valence-corrected chi connectivity index (χ0v) is 17.6.